The fourth-order valence-electron chi connectivity index (χ4n) is 5.83. The Morgan fingerprint density at radius 3 is 1.40 bits per heavy atom. The first-order chi connectivity index (χ1) is 19.3. The van der Waals surface area contributed by atoms with Gasteiger partial charge >= 0.3 is 0 Å². The number of benzene rings is 2. The third kappa shape index (κ3) is 8.94. The molecule has 42 heavy (non-hydrogen) atoms. The van der Waals surface area contributed by atoms with Gasteiger partial charge in [0.1, 0.15) is 12.2 Å². The molecule has 0 aliphatic carbocycles. The van der Waals surface area contributed by atoms with Crippen molar-refractivity contribution in [1.82, 2.24) is 0 Å². The molecule has 0 aromatic heterocycles. The predicted molar refractivity (Wildman–Crippen MR) is 168 cm³/mol. The summed E-state index contributed by atoms with van der Waals surface area (Å²) in [4.78, 5) is 0. The van der Waals surface area contributed by atoms with Gasteiger partial charge in [-0.15, -0.1) is 0 Å². The van der Waals surface area contributed by atoms with E-state index in [4.69, 9.17) is 33.6 Å². The van der Waals surface area contributed by atoms with E-state index in [-0.39, 0.29) is 56.7 Å². The molecule has 0 spiro atoms. The van der Waals surface area contributed by atoms with Gasteiger partial charge in [-0.1, -0.05) is 88.9 Å². The fraction of sp³-hybridized carbons (Fsp3) is 0.636. The third-order valence-corrected chi connectivity index (χ3v) is 12.5. The van der Waals surface area contributed by atoms with Gasteiger partial charge in [0.25, 0.3) is 8.32 Å². The Morgan fingerprint density at radius 1 is 0.667 bits per heavy atom. The maximum Gasteiger partial charge on any atom is 0.261 e. The molecule has 0 unspecified atom stereocenters. The van der Waals surface area contributed by atoms with Crippen LogP contribution in [0, 0.1) is 0 Å². The lowest BCUT2D eigenvalue weighted by Gasteiger charge is -2.43. The molecule has 2 aromatic carbocycles. The van der Waals surface area contributed by atoms with Crippen molar-refractivity contribution >= 4 is 18.7 Å². The van der Waals surface area contributed by atoms with Crippen LogP contribution in [-0.2, 0) is 23.4 Å². The second-order valence-corrected chi connectivity index (χ2v) is 16.9. The maximum absolute atomic E-state index is 9.68. The van der Waals surface area contributed by atoms with Crippen molar-refractivity contribution in [3.05, 3.63) is 60.7 Å². The molecule has 2 saturated heterocycles. The average molecular weight is 607 g/mol. The van der Waals surface area contributed by atoms with Gasteiger partial charge in [0.15, 0.2) is 11.6 Å². The monoisotopic (exact) mass is 606 g/mol. The number of aliphatic hydroxyl groups is 3. The molecule has 2 heterocycles. The molecule has 3 N–H and O–H groups in total. The summed E-state index contributed by atoms with van der Waals surface area (Å²) in [7, 11) is -2.55. The first-order valence-corrected chi connectivity index (χ1v) is 16.5. The molecule has 4 atom stereocenters. The largest absolute Gasteiger partial charge is 0.407 e. The number of aliphatic hydroxyl groups excluding tert-OH is 3. The first-order valence-electron chi connectivity index (χ1n) is 14.6. The van der Waals surface area contributed by atoms with Gasteiger partial charge in [-0.3, -0.25) is 0 Å². The number of hydrogen-bond donors (Lipinski definition) is 3. The van der Waals surface area contributed by atoms with Gasteiger partial charge in [-0.05, 0) is 55.9 Å². The summed E-state index contributed by atoms with van der Waals surface area (Å²) in [5.41, 5.74) is 0. The normalized spacial score (nSPS) is 24.9. The van der Waals surface area contributed by atoms with Gasteiger partial charge in [-0.2, -0.15) is 0 Å². The van der Waals surface area contributed by atoms with E-state index in [1.165, 1.54) is 10.4 Å². The molecule has 9 heteroatoms. The Kier molecular flexibility index (Phi) is 13.4. The van der Waals surface area contributed by atoms with Crippen LogP contribution in [0.15, 0.2) is 60.7 Å². The van der Waals surface area contributed by atoms with E-state index < -0.39 is 19.9 Å². The molecule has 0 radical (unpaired) electrons. The van der Waals surface area contributed by atoms with Gasteiger partial charge in [0, 0.05) is 13.2 Å². The minimum absolute atomic E-state index is 0. The highest BCUT2D eigenvalue weighted by atomic mass is 28.4. The van der Waals surface area contributed by atoms with E-state index in [0.717, 1.165) is 0 Å². The third-order valence-electron chi connectivity index (χ3n) is 7.48. The molecule has 2 fully saturated rings. The van der Waals surface area contributed by atoms with Crippen molar-refractivity contribution in [3.8, 4) is 0 Å². The molecule has 0 saturated carbocycles. The lowest BCUT2D eigenvalue weighted by atomic mass is 10.1. The quantitative estimate of drug-likeness (QED) is 0.349. The summed E-state index contributed by atoms with van der Waals surface area (Å²) in [6.45, 7) is 14.7. The van der Waals surface area contributed by atoms with Crippen molar-refractivity contribution < 1.29 is 38.7 Å². The highest BCUT2D eigenvalue weighted by Crippen LogP contribution is 2.37. The first kappa shape index (κ1) is 36.5. The van der Waals surface area contributed by atoms with Gasteiger partial charge in [0.2, 0.25) is 0 Å². The summed E-state index contributed by atoms with van der Waals surface area (Å²) in [5, 5.41) is 29.8. The van der Waals surface area contributed by atoms with E-state index in [2.05, 4.69) is 69.3 Å². The Balaban J connectivity index is 0.000000399. The summed E-state index contributed by atoms with van der Waals surface area (Å²) in [5.74, 6) is -1.30. The van der Waals surface area contributed by atoms with Crippen LogP contribution in [0.3, 0.4) is 0 Å². The molecule has 0 bridgehead atoms. The minimum atomic E-state index is -2.55. The van der Waals surface area contributed by atoms with Crippen molar-refractivity contribution in [2.75, 3.05) is 26.4 Å². The Labute approximate surface area is 254 Å². The molecule has 2 aromatic rings. The smallest absolute Gasteiger partial charge is 0.261 e. The molecule has 2 aliphatic heterocycles. The molecular formula is C33H54O8Si. The Hall–Kier alpha value is -1.66. The van der Waals surface area contributed by atoms with E-state index in [0.29, 0.717) is 19.4 Å². The van der Waals surface area contributed by atoms with Gasteiger partial charge < -0.3 is 38.7 Å². The van der Waals surface area contributed by atoms with Crippen LogP contribution in [0.1, 0.15) is 68.7 Å². The Bertz CT molecular complexity index is 1000. The van der Waals surface area contributed by atoms with Crippen LogP contribution < -0.4 is 10.4 Å². The lowest BCUT2D eigenvalue weighted by Crippen LogP contribution is -2.66. The minimum Gasteiger partial charge on any atom is -0.407 e. The molecule has 0 amide bonds. The van der Waals surface area contributed by atoms with E-state index >= 15 is 0 Å². The van der Waals surface area contributed by atoms with Crippen molar-refractivity contribution in [2.45, 2.75) is 110 Å². The van der Waals surface area contributed by atoms with Crippen molar-refractivity contribution in [2.24, 2.45) is 0 Å². The summed E-state index contributed by atoms with van der Waals surface area (Å²) in [6, 6.07) is 21.2. The zero-order chi connectivity index (χ0) is 30.3. The predicted octanol–water partition coefficient (Wildman–Crippen LogP) is 3.98. The molecular weight excluding hydrogens is 552 g/mol. The zero-order valence-electron chi connectivity index (χ0n) is 25.7. The highest BCUT2D eigenvalue weighted by Gasteiger charge is 2.50. The van der Waals surface area contributed by atoms with Crippen LogP contribution in [0.5, 0.6) is 0 Å². The van der Waals surface area contributed by atoms with Crippen molar-refractivity contribution in [3.63, 3.8) is 0 Å². The standard InChI is InChI=1S/C24H34O4Si.C8H16O4.CH4/c1-23(2,3)29(19-12-8-6-9-13-19,20-14-10-7-11-15-20)26-17-16-21-22(18-25)28-24(4,5)27-21;1-8(2)11-6(3-4-9)7(5-10)12-8;/h6-15,21-22,25H,16-18H2,1-5H3;6-7,9-10H,3-5H2,1-2H3;1H4/t21-,22+;6-,7+;/m00./s1. The van der Waals surface area contributed by atoms with E-state index in [1.54, 1.807) is 13.8 Å². The second-order valence-electron chi connectivity index (χ2n) is 12.6. The van der Waals surface area contributed by atoms with Crippen molar-refractivity contribution in [1.29, 1.82) is 0 Å². The Morgan fingerprint density at radius 2 is 1.05 bits per heavy atom. The topological polar surface area (TPSA) is 107 Å². The molecule has 4 rings (SSSR count). The molecule has 2 aliphatic rings. The fourth-order valence-corrected chi connectivity index (χ4v) is 10.4. The highest BCUT2D eigenvalue weighted by molar-refractivity contribution is 6.99. The zero-order valence-corrected chi connectivity index (χ0v) is 26.7. The SMILES string of the molecule is C.CC1(C)O[C@@H](CCO)[C@@H](CO)O1.CC1(C)O[C@@H](CCO[Si](c2ccccc2)(c2ccccc2)C(C)(C)C)[C@@H](CO)O1. The van der Waals surface area contributed by atoms with E-state index in [1.807, 2.05) is 26.0 Å². The van der Waals surface area contributed by atoms with E-state index in [9.17, 15) is 5.11 Å². The van der Waals surface area contributed by atoms with Crippen LogP contribution in [0.4, 0.5) is 0 Å². The van der Waals surface area contributed by atoms with Gasteiger partial charge in [-0.25, -0.2) is 0 Å². The second kappa shape index (κ2) is 15.4. The lowest BCUT2D eigenvalue weighted by molar-refractivity contribution is -0.150. The van der Waals surface area contributed by atoms with Gasteiger partial charge in [0.05, 0.1) is 25.4 Å². The maximum atomic E-state index is 9.68. The van der Waals surface area contributed by atoms with Crippen LogP contribution in [0.25, 0.3) is 0 Å². The molecule has 238 valence electrons. The summed E-state index contributed by atoms with van der Waals surface area (Å²) >= 11 is 0. The number of rotatable bonds is 10. The van der Waals surface area contributed by atoms with Crippen LogP contribution in [-0.4, -0.2) is 86.1 Å². The summed E-state index contributed by atoms with van der Waals surface area (Å²) < 4.78 is 29.6. The average Bonchev–Trinajstić information content (AvgIpc) is 3.40. The number of hydrogen-bond acceptors (Lipinski definition) is 8. The summed E-state index contributed by atoms with van der Waals surface area (Å²) in [6.07, 6.45) is 0.219. The molecule has 8 nitrogen and oxygen atoms in total. The van der Waals surface area contributed by atoms with Crippen LogP contribution in [0.2, 0.25) is 5.04 Å². The van der Waals surface area contributed by atoms with Crippen LogP contribution >= 0.6 is 0 Å². The number of ether oxygens (including phenoxy) is 4.